The van der Waals surface area contributed by atoms with E-state index in [1.54, 1.807) is 0 Å². The zero-order valence-electron chi connectivity index (χ0n) is 8.88. The van der Waals surface area contributed by atoms with Crippen LogP contribution < -0.4 is 5.32 Å². The first-order valence-corrected chi connectivity index (χ1v) is 5.53. The van der Waals surface area contributed by atoms with E-state index in [4.69, 9.17) is 16.7 Å². The Morgan fingerprint density at radius 1 is 1.41 bits per heavy atom. The van der Waals surface area contributed by atoms with Gasteiger partial charge in [-0.05, 0) is 18.2 Å². The Hall–Kier alpha value is -0.910. The Bertz CT molecular complexity index is 441. The highest BCUT2D eigenvalue weighted by molar-refractivity contribution is 6.30. The minimum atomic E-state index is -3.41. The van der Waals surface area contributed by atoms with E-state index in [0.717, 1.165) is 0 Å². The molecule has 1 atom stereocenters. The van der Waals surface area contributed by atoms with E-state index in [-0.39, 0.29) is 17.1 Å². The average Bonchev–Trinajstić information content (AvgIpc) is 2.37. The first kappa shape index (κ1) is 12.5. The Morgan fingerprint density at radius 3 is 2.76 bits per heavy atom. The maximum atomic E-state index is 13.8. The molecule has 0 aliphatic carbocycles. The summed E-state index contributed by atoms with van der Waals surface area (Å²) in [6.45, 7) is -1.04. The molecule has 1 aliphatic heterocycles. The SMILES string of the molecule is OC[C@]1(O)c2cc(Cl)ccc2NCCC1(F)F. The Morgan fingerprint density at radius 2 is 2.12 bits per heavy atom. The van der Waals surface area contributed by atoms with Crippen LogP contribution in [0.1, 0.15) is 12.0 Å². The number of aliphatic hydroxyl groups is 2. The molecular weight excluding hydrogens is 252 g/mol. The van der Waals surface area contributed by atoms with Crippen LogP contribution in [-0.2, 0) is 5.60 Å². The van der Waals surface area contributed by atoms with Gasteiger partial charge in [-0.25, -0.2) is 8.78 Å². The van der Waals surface area contributed by atoms with E-state index in [2.05, 4.69) is 5.32 Å². The molecule has 0 saturated carbocycles. The van der Waals surface area contributed by atoms with Gasteiger partial charge in [-0.15, -0.1) is 0 Å². The molecule has 1 aliphatic rings. The van der Waals surface area contributed by atoms with Crippen LogP contribution in [0.15, 0.2) is 18.2 Å². The summed E-state index contributed by atoms with van der Waals surface area (Å²) in [7, 11) is 0. The molecule has 3 nitrogen and oxygen atoms in total. The summed E-state index contributed by atoms with van der Waals surface area (Å²) in [6, 6.07) is 4.30. The molecule has 6 heteroatoms. The maximum Gasteiger partial charge on any atom is 0.284 e. The number of hydrogen-bond acceptors (Lipinski definition) is 3. The maximum absolute atomic E-state index is 13.8. The number of alkyl halides is 2. The van der Waals surface area contributed by atoms with Crippen molar-refractivity contribution in [2.75, 3.05) is 18.5 Å². The second kappa shape index (κ2) is 4.08. The first-order valence-electron chi connectivity index (χ1n) is 5.16. The number of hydrogen-bond donors (Lipinski definition) is 3. The van der Waals surface area contributed by atoms with Crippen molar-refractivity contribution in [3.8, 4) is 0 Å². The van der Waals surface area contributed by atoms with E-state index < -0.39 is 24.6 Å². The summed E-state index contributed by atoms with van der Waals surface area (Å²) in [4.78, 5) is 0. The molecule has 0 spiro atoms. The number of anilines is 1. The van der Waals surface area contributed by atoms with Gasteiger partial charge in [0.1, 0.15) is 0 Å². The van der Waals surface area contributed by atoms with Gasteiger partial charge in [0, 0.05) is 29.2 Å². The van der Waals surface area contributed by atoms with Gasteiger partial charge in [0.05, 0.1) is 6.61 Å². The van der Waals surface area contributed by atoms with Crippen LogP contribution in [-0.4, -0.2) is 29.3 Å². The predicted molar refractivity (Wildman–Crippen MR) is 60.5 cm³/mol. The normalized spacial score (nSPS) is 26.9. The van der Waals surface area contributed by atoms with Crippen molar-refractivity contribution in [2.45, 2.75) is 17.9 Å². The molecule has 0 aromatic heterocycles. The average molecular weight is 264 g/mol. The number of nitrogens with one attached hydrogen (secondary N) is 1. The van der Waals surface area contributed by atoms with Crippen LogP contribution in [0.3, 0.4) is 0 Å². The zero-order valence-corrected chi connectivity index (χ0v) is 9.64. The van der Waals surface area contributed by atoms with Crippen molar-refractivity contribution >= 4 is 17.3 Å². The van der Waals surface area contributed by atoms with Crippen molar-refractivity contribution in [1.82, 2.24) is 0 Å². The summed E-state index contributed by atoms with van der Waals surface area (Å²) in [5, 5.41) is 22.2. The van der Waals surface area contributed by atoms with Gasteiger partial charge in [0.15, 0.2) is 5.60 Å². The molecule has 0 unspecified atom stereocenters. The van der Waals surface area contributed by atoms with E-state index in [1.165, 1.54) is 18.2 Å². The van der Waals surface area contributed by atoms with Crippen molar-refractivity contribution in [3.05, 3.63) is 28.8 Å². The topological polar surface area (TPSA) is 52.5 Å². The van der Waals surface area contributed by atoms with Crippen LogP contribution in [0.5, 0.6) is 0 Å². The molecular formula is C11H12ClF2NO2. The third-order valence-electron chi connectivity index (χ3n) is 3.02. The van der Waals surface area contributed by atoms with Crippen molar-refractivity contribution < 1.29 is 19.0 Å². The predicted octanol–water partition coefficient (Wildman–Crippen LogP) is 1.97. The lowest BCUT2D eigenvalue weighted by Gasteiger charge is -2.33. The first-order chi connectivity index (χ1) is 7.90. The van der Waals surface area contributed by atoms with Crippen LogP contribution in [0.25, 0.3) is 0 Å². The van der Waals surface area contributed by atoms with Crippen molar-refractivity contribution in [1.29, 1.82) is 0 Å². The Labute approximate surface area is 102 Å². The van der Waals surface area contributed by atoms with Gasteiger partial charge in [-0.1, -0.05) is 11.6 Å². The molecule has 3 N–H and O–H groups in total. The van der Waals surface area contributed by atoms with Crippen LogP contribution >= 0.6 is 11.6 Å². The van der Waals surface area contributed by atoms with Gasteiger partial charge in [0.25, 0.3) is 5.92 Å². The minimum Gasteiger partial charge on any atom is -0.393 e. The van der Waals surface area contributed by atoms with Crippen molar-refractivity contribution in [3.63, 3.8) is 0 Å². The summed E-state index contributed by atoms with van der Waals surface area (Å²) >= 11 is 5.74. The molecule has 0 amide bonds. The lowest BCUT2D eigenvalue weighted by atomic mass is 9.86. The molecule has 1 aromatic rings. The molecule has 94 valence electrons. The molecule has 2 rings (SSSR count). The number of benzene rings is 1. The lowest BCUT2D eigenvalue weighted by Crippen LogP contribution is -2.48. The quantitative estimate of drug-likeness (QED) is 0.726. The molecule has 1 heterocycles. The Balaban J connectivity index is 2.64. The standard InChI is InChI=1S/C11H12ClF2NO2/c12-7-1-2-9-8(5-7)10(17,6-16)11(13,14)3-4-15-9/h1-2,5,15-17H,3-4,6H2/t10-/m0/s1. The number of halogens is 3. The van der Waals surface area contributed by atoms with E-state index in [1.807, 2.05) is 0 Å². The second-order valence-corrected chi connectivity index (χ2v) is 4.53. The zero-order chi connectivity index (χ0) is 12.7. The smallest absolute Gasteiger partial charge is 0.284 e. The number of aliphatic hydroxyl groups excluding tert-OH is 1. The third-order valence-corrected chi connectivity index (χ3v) is 3.25. The largest absolute Gasteiger partial charge is 0.393 e. The van der Waals surface area contributed by atoms with E-state index in [9.17, 15) is 13.9 Å². The fourth-order valence-corrected chi connectivity index (χ4v) is 2.14. The van der Waals surface area contributed by atoms with E-state index in [0.29, 0.717) is 5.69 Å². The number of rotatable bonds is 1. The van der Waals surface area contributed by atoms with Gasteiger partial charge in [-0.3, -0.25) is 0 Å². The van der Waals surface area contributed by atoms with Gasteiger partial charge >= 0.3 is 0 Å². The summed E-state index contributed by atoms with van der Waals surface area (Å²) in [6.07, 6.45) is -0.559. The summed E-state index contributed by atoms with van der Waals surface area (Å²) < 4.78 is 27.7. The third kappa shape index (κ3) is 1.88. The van der Waals surface area contributed by atoms with Crippen LogP contribution in [0.2, 0.25) is 5.02 Å². The molecule has 0 saturated heterocycles. The van der Waals surface area contributed by atoms with Gasteiger partial charge in [-0.2, -0.15) is 0 Å². The fraction of sp³-hybridized carbons (Fsp3) is 0.455. The minimum absolute atomic E-state index is 0.0178. The van der Waals surface area contributed by atoms with Gasteiger partial charge < -0.3 is 15.5 Å². The molecule has 0 fully saturated rings. The van der Waals surface area contributed by atoms with Gasteiger partial charge in [0.2, 0.25) is 0 Å². The highest BCUT2D eigenvalue weighted by Gasteiger charge is 2.55. The molecule has 17 heavy (non-hydrogen) atoms. The molecule has 1 aromatic carbocycles. The van der Waals surface area contributed by atoms with E-state index >= 15 is 0 Å². The fourth-order valence-electron chi connectivity index (χ4n) is 1.97. The molecule has 0 bridgehead atoms. The Kier molecular flexibility index (Phi) is 3.01. The number of fused-ring (bicyclic) bond motifs is 1. The molecule has 0 radical (unpaired) electrons. The summed E-state index contributed by atoms with van der Waals surface area (Å²) in [5.41, 5.74) is -2.31. The lowest BCUT2D eigenvalue weighted by molar-refractivity contribution is -0.205. The van der Waals surface area contributed by atoms with Crippen LogP contribution in [0.4, 0.5) is 14.5 Å². The van der Waals surface area contributed by atoms with Crippen LogP contribution in [0, 0.1) is 0 Å². The monoisotopic (exact) mass is 263 g/mol. The highest BCUT2D eigenvalue weighted by atomic mass is 35.5. The van der Waals surface area contributed by atoms with Crippen molar-refractivity contribution in [2.24, 2.45) is 0 Å². The second-order valence-electron chi connectivity index (χ2n) is 4.09. The highest BCUT2D eigenvalue weighted by Crippen LogP contribution is 2.45. The summed E-state index contributed by atoms with van der Waals surface area (Å²) in [5.74, 6) is -3.41.